The zero-order valence-electron chi connectivity index (χ0n) is 15.3. The van der Waals surface area contributed by atoms with Crippen molar-refractivity contribution in [2.75, 3.05) is 12.0 Å². The number of hydrogen-bond donors (Lipinski definition) is 2. The number of phenols is 1. The van der Waals surface area contributed by atoms with Gasteiger partial charge in [-0.15, -0.1) is 0 Å². The molecule has 1 heterocycles. The Bertz CT molecular complexity index is 1070. The molecule has 0 bridgehead atoms. The first-order valence-corrected chi connectivity index (χ1v) is 10.2. The van der Waals surface area contributed by atoms with E-state index in [1.807, 2.05) is 48.5 Å². The Labute approximate surface area is 180 Å². The Morgan fingerprint density at radius 1 is 1.14 bits per heavy atom. The maximum atomic E-state index is 13.0. The van der Waals surface area contributed by atoms with Gasteiger partial charge in [0.2, 0.25) is 0 Å². The molecule has 4 rings (SSSR count). The van der Waals surface area contributed by atoms with E-state index >= 15 is 0 Å². The molecule has 146 valence electrons. The number of amides is 2. The monoisotopic (exact) mass is 469 g/mol. The van der Waals surface area contributed by atoms with Crippen molar-refractivity contribution in [3.05, 3.63) is 70.7 Å². The predicted octanol–water partition coefficient (Wildman–Crippen LogP) is 5.51. The lowest BCUT2D eigenvalue weighted by molar-refractivity contribution is 0.249. The van der Waals surface area contributed by atoms with Crippen molar-refractivity contribution >= 4 is 51.3 Å². The number of carbonyl (C=O) groups is 1. The molecular weight excluding hydrogens is 454 g/mol. The molecule has 0 unspecified atom stereocenters. The SMILES string of the molecule is COc1cc(C=NNC(=O)N2c3ccccc3Sc3ccccc32)cc(Br)c1O. The minimum absolute atomic E-state index is 0.00714. The van der Waals surface area contributed by atoms with Gasteiger partial charge in [0.1, 0.15) is 0 Å². The predicted molar refractivity (Wildman–Crippen MR) is 118 cm³/mol. The van der Waals surface area contributed by atoms with E-state index in [2.05, 4.69) is 26.5 Å². The molecule has 2 amide bonds. The van der Waals surface area contributed by atoms with Crippen LogP contribution in [0.2, 0.25) is 0 Å². The Morgan fingerprint density at radius 2 is 1.76 bits per heavy atom. The number of nitrogens with one attached hydrogen (secondary N) is 1. The van der Waals surface area contributed by atoms with Crippen molar-refractivity contribution in [2.45, 2.75) is 9.79 Å². The molecule has 0 atom stereocenters. The fourth-order valence-corrected chi connectivity index (χ4v) is 4.48. The first-order valence-electron chi connectivity index (χ1n) is 8.64. The third-order valence-electron chi connectivity index (χ3n) is 4.28. The molecule has 0 aliphatic carbocycles. The molecule has 1 aliphatic rings. The molecule has 0 fully saturated rings. The van der Waals surface area contributed by atoms with Crippen LogP contribution in [0.3, 0.4) is 0 Å². The zero-order chi connectivity index (χ0) is 20.4. The molecule has 3 aromatic rings. The minimum atomic E-state index is -0.369. The van der Waals surface area contributed by atoms with Gasteiger partial charge < -0.3 is 9.84 Å². The summed E-state index contributed by atoms with van der Waals surface area (Å²) in [6.45, 7) is 0. The number of fused-ring (bicyclic) bond motifs is 2. The van der Waals surface area contributed by atoms with Crippen molar-refractivity contribution in [3.63, 3.8) is 0 Å². The highest BCUT2D eigenvalue weighted by molar-refractivity contribution is 9.10. The lowest BCUT2D eigenvalue weighted by Crippen LogP contribution is -2.35. The van der Waals surface area contributed by atoms with Crippen LogP contribution in [0, 0.1) is 0 Å². The van der Waals surface area contributed by atoms with Gasteiger partial charge in [-0.3, -0.25) is 4.90 Å². The van der Waals surface area contributed by atoms with Crippen molar-refractivity contribution < 1.29 is 14.6 Å². The summed E-state index contributed by atoms with van der Waals surface area (Å²) in [4.78, 5) is 16.6. The van der Waals surface area contributed by atoms with Crippen LogP contribution in [0.5, 0.6) is 11.5 Å². The lowest BCUT2D eigenvalue weighted by atomic mass is 10.2. The Hall–Kier alpha value is -2.97. The summed E-state index contributed by atoms with van der Waals surface area (Å²) in [6.07, 6.45) is 1.49. The van der Waals surface area contributed by atoms with Gasteiger partial charge in [0.25, 0.3) is 0 Å². The molecule has 3 aromatic carbocycles. The molecule has 2 N–H and O–H groups in total. The van der Waals surface area contributed by atoms with Crippen LogP contribution in [0.4, 0.5) is 16.2 Å². The third kappa shape index (κ3) is 3.81. The van der Waals surface area contributed by atoms with Crippen LogP contribution in [-0.4, -0.2) is 24.5 Å². The molecule has 0 saturated carbocycles. The van der Waals surface area contributed by atoms with E-state index in [1.54, 1.807) is 28.8 Å². The number of nitrogens with zero attached hydrogens (tertiary/aromatic N) is 2. The fraction of sp³-hybridized carbons (Fsp3) is 0.0476. The molecule has 0 saturated heterocycles. The van der Waals surface area contributed by atoms with Gasteiger partial charge in [0.05, 0.1) is 29.2 Å². The van der Waals surface area contributed by atoms with E-state index in [0.717, 1.165) is 21.2 Å². The number of hydrazone groups is 1. The number of aromatic hydroxyl groups is 1. The number of anilines is 2. The summed E-state index contributed by atoms with van der Waals surface area (Å²) in [5, 5.41) is 14.0. The second kappa shape index (κ2) is 8.18. The van der Waals surface area contributed by atoms with Gasteiger partial charge in [-0.2, -0.15) is 5.10 Å². The Morgan fingerprint density at radius 3 is 2.38 bits per heavy atom. The van der Waals surface area contributed by atoms with E-state index in [9.17, 15) is 9.90 Å². The molecular formula is C21H16BrN3O3S. The molecule has 29 heavy (non-hydrogen) atoms. The number of para-hydroxylation sites is 2. The maximum absolute atomic E-state index is 13.0. The van der Waals surface area contributed by atoms with Crippen LogP contribution in [0.15, 0.2) is 80.0 Å². The summed E-state index contributed by atoms with van der Waals surface area (Å²) in [5.74, 6) is 0.316. The number of phenolic OH excluding ortho intramolecular Hbond substituents is 1. The average Bonchev–Trinajstić information content (AvgIpc) is 2.74. The normalized spacial score (nSPS) is 12.4. The minimum Gasteiger partial charge on any atom is -0.503 e. The zero-order valence-corrected chi connectivity index (χ0v) is 17.7. The molecule has 0 aromatic heterocycles. The first-order chi connectivity index (χ1) is 14.1. The molecule has 6 nitrogen and oxygen atoms in total. The number of methoxy groups -OCH3 is 1. The number of rotatable bonds is 3. The molecule has 0 radical (unpaired) electrons. The Balaban J connectivity index is 1.60. The highest BCUT2D eigenvalue weighted by Gasteiger charge is 2.27. The quantitative estimate of drug-likeness (QED) is 0.391. The van der Waals surface area contributed by atoms with Crippen LogP contribution in [-0.2, 0) is 0 Å². The topological polar surface area (TPSA) is 74.2 Å². The number of ether oxygens (including phenoxy) is 1. The van der Waals surface area contributed by atoms with E-state index in [4.69, 9.17) is 4.74 Å². The lowest BCUT2D eigenvalue weighted by Gasteiger charge is -2.30. The van der Waals surface area contributed by atoms with Crippen LogP contribution >= 0.6 is 27.7 Å². The first kappa shape index (κ1) is 19.4. The van der Waals surface area contributed by atoms with Crippen molar-refractivity contribution in [1.82, 2.24) is 5.43 Å². The summed E-state index contributed by atoms with van der Waals surface area (Å²) in [6, 6.07) is 18.4. The van der Waals surface area contributed by atoms with Crippen LogP contribution in [0.25, 0.3) is 0 Å². The third-order valence-corrected chi connectivity index (χ3v) is 6.01. The summed E-state index contributed by atoms with van der Waals surface area (Å²) in [7, 11) is 1.47. The smallest absolute Gasteiger partial charge is 0.346 e. The maximum Gasteiger partial charge on any atom is 0.346 e. The highest BCUT2D eigenvalue weighted by atomic mass is 79.9. The van der Waals surface area contributed by atoms with Crippen LogP contribution in [0.1, 0.15) is 5.56 Å². The van der Waals surface area contributed by atoms with Crippen LogP contribution < -0.4 is 15.1 Å². The average molecular weight is 470 g/mol. The fourth-order valence-electron chi connectivity index (χ4n) is 2.96. The van der Waals surface area contributed by atoms with E-state index < -0.39 is 0 Å². The molecule has 1 aliphatic heterocycles. The van der Waals surface area contributed by atoms with Gasteiger partial charge in [0, 0.05) is 9.79 Å². The number of hydrogen-bond acceptors (Lipinski definition) is 5. The number of benzene rings is 3. The van der Waals surface area contributed by atoms with E-state index in [0.29, 0.717) is 15.8 Å². The van der Waals surface area contributed by atoms with Gasteiger partial charge in [-0.1, -0.05) is 36.0 Å². The van der Waals surface area contributed by atoms with E-state index in [1.165, 1.54) is 13.3 Å². The largest absolute Gasteiger partial charge is 0.503 e. The standard InChI is InChI=1S/C21H16BrN3O3S/c1-28-17-11-13(10-14(22)20(17)26)12-23-24-21(27)25-15-6-2-4-8-18(15)29-19-9-5-3-7-16(19)25/h2-12,26H,1H3,(H,24,27). The van der Waals surface area contributed by atoms with Gasteiger partial charge in [-0.25, -0.2) is 10.2 Å². The van der Waals surface area contributed by atoms with Crippen molar-refractivity contribution in [1.29, 1.82) is 0 Å². The Kier molecular flexibility index (Phi) is 5.46. The van der Waals surface area contributed by atoms with Gasteiger partial charge in [0.15, 0.2) is 11.5 Å². The number of carbonyl (C=O) groups excluding carboxylic acids is 1. The summed E-state index contributed by atoms with van der Waals surface area (Å²) < 4.78 is 5.60. The highest BCUT2D eigenvalue weighted by Crippen LogP contribution is 2.47. The van der Waals surface area contributed by atoms with E-state index in [-0.39, 0.29) is 11.8 Å². The summed E-state index contributed by atoms with van der Waals surface area (Å²) >= 11 is 4.90. The molecule has 8 heteroatoms. The van der Waals surface area contributed by atoms with Crippen molar-refractivity contribution in [3.8, 4) is 11.5 Å². The summed E-state index contributed by atoms with van der Waals surface area (Å²) in [5.41, 5.74) is 4.84. The second-order valence-corrected chi connectivity index (χ2v) is 8.04. The number of halogens is 1. The second-order valence-electron chi connectivity index (χ2n) is 6.10. The van der Waals surface area contributed by atoms with Crippen molar-refractivity contribution in [2.24, 2.45) is 5.10 Å². The molecule has 0 spiro atoms. The van der Waals surface area contributed by atoms with Gasteiger partial charge >= 0.3 is 6.03 Å². The van der Waals surface area contributed by atoms with Gasteiger partial charge in [-0.05, 0) is 57.9 Å². The number of urea groups is 1.